The number of hydrogen-bond acceptors (Lipinski definition) is 3. The Labute approximate surface area is 201 Å². The first-order valence-corrected chi connectivity index (χ1v) is 14.0. The predicted molar refractivity (Wildman–Crippen MR) is 133 cm³/mol. The number of para-hydroxylation sites is 3. The first-order valence-electron chi connectivity index (χ1n) is 10.4. The zero-order chi connectivity index (χ0) is 22.4. The van der Waals surface area contributed by atoms with Crippen molar-refractivity contribution in [3.63, 3.8) is 0 Å². The summed E-state index contributed by atoms with van der Waals surface area (Å²) in [5.41, 5.74) is 8.43. The van der Waals surface area contributed by atoms with E-state index in [0.717, 1.165) is 7.92 Å². The molecule has 3 rings (SSSR count). The molecule has 0 bridgehead atoms. The summed E-state index contributed by atoms with van der Waals surface area (Å²) in [4.78, 5) is 6.74. The first kappa shape index (κ1) is 23.9. The van der Waals surface area contributed by atoms with E-state index in [9.17, 15) is 0 Å². The van der Waals surface area contributed by atoms with Gasteiger partial charge >= 0.3 is 203 Å². The van der Waals surface area contributed by atoms with Crippen LogP contribution in [0.2, 0.25) is 0 Å². The monoisotopic (exact) mass is 577 g/mol. The molecular weight excluding hydrogens is 541 g/mol. The second-order valence-electron chi connectivity index (χ2n) is 8.23. The van der Waals surface area contributed by atoms with Crippen LogP contribution in [0.4, 0.5) is 17.1 Å². The molecule has 0 radical (unpaired) electrons. The predicted octanol–water partition coefficient (Wildman–Crippen LogP) is 5.41. The van der Waals surface area contributed by atoms with E-state index in [4.69, 9.17) is 0 Å². The van der Waals surface area contributed by atoms with Crippen molar-refractivity contribution in [2.45, 2.75) is 7.92 Å². The number of benzene rings is 3. The van der Waals surface area contributed by atoms with E-state index in [-0.39, 0.29) is 0 Å². The molecule has 0 amide bonds. The Morgan fingerprint density at radius 1 is 0.452 bits per heavy atom. The minimum absolute atomic E-state index is 0.861. The molecule has 3 aromatic rings. The van der Waals surface area contributed by atoms with E-state index in [1.165, 1.54) is 33.8 Å². The van der Waals surface area contributed by atoms with Gasteiger partial charge in [0.25, 0.3) is 0 Å². The summed E-state index contributed by atoms with van der Waals surface area (Å²) in [5, 5.41) is 0. The Balaban J connectivity index is 1.97. The Morgan fingerprint density at radius 3 is 0.968 bits per heavy atom. The van der Waals surface area contributed by atoms with E-state index < -0.39 is 31.1 Å². The van der Waals surface area contributed by atoms with Crippen molar-refractivity contribution in [1.29, 1.82) is 0 Å². The number of anilines is 3. The average Bonchev–Trinajstić information content (AvgIpc) is 2.74. The van der Waals surface area contributed by atoms with Gasteiger partial charge in [0, 0.05) is 0 Å². The van der Waals surface area contributed by atoms with Crippen LogP contribution >= 0.6 is 0 Å². The Hall–Kier alpha value is -1.71. The molecule has 0 aliphatic rings. The summed E-state index contributed by atoms with van der Waals surface area (Å²) in [6, 6.07) is 26.7. The molecule has 0 unspecified atom stereocenters. The Bertz CT molecular complexity index is 854. The van der Waals surface area contributed by atoms with Gasteiger partial charge in [0.05, 0.1) is 0 Å². The van der Waals surface area contributed by atoms with Crippen molar-refractivity contribution in [1.82, 2.24) is 0 Å². The van der Waals surface area contributed by atoms with E-state index >= 15 is 0 Å². The van der Waals surface area contributed by atoms with E-state index in [1.807, 2.05) is 0 Å². The number of nitrogens with zero attached hydrogens (tertiary/aromatic N) is 3. The normalized spacial score (nSPS) is 11.2. The third kappa shape index (κ3) is 6.40. The van der Waals surface area contributed by atoms with Gasteiger partial charge in [-0.05, 0) is 0 Å². The third-order valence-electron chi connectivity index (χ3n) is 5.10. The molecule has 0 saturated carbocycles. The fraction of sp³-hybridized carbons (Fsp3) is 0.333. The maximum absolute atomic E-state index is 2.32. The zero-order valence-electron chi connectivity index (χ0n) is 19.6. The second-order valence-corrected chi connectivity index (χ2v) is 12.5. The third-order valence-corrected chi connectivity index (χ3v) is 9.48. The van der Waals surface area contributed by atoms with E-state index in [2.05, 4.69) is 130 Å². The quantitative estimate of drug-likeness (QED) is 0.337. The molecule has 0 aliphatic heterocycles. The molecule has 3 nitrogen and oxygen atoms in total. The standard InChI is InChI=1S/3C9H12N.Lu/c3*1-8-6-4-5-7-9(8)10(2)3;/h3*4-7H,1H2,2-3H3;. The van der Waals surface area contributed by atoms with Crippen molar-refractivity contribution < 1.29 is 31.1 Å². The second kappa shape index (κ2) is 11.2. The first-order chi connectivity index (χ1) is 14.9. The minimum atomic E-state index is -0.861. The molecule has 0 fully saturated rings. The van der Waals surface area contributed by atoms with Crippen LogP contribution < -0.4 is 14.7 Å². The fourth-order valence-electron chi connectivity index (χ4n) is 3.59. The van der Waals surface area contributed by atoms with Gasteiger partial charge in [0.15, 0.2) is 0 Å². The summed E-state index contributed by atoms with van der Waals surface area (Å²) in [6.45, 7) is 0. The summed E-state index contributed by atoms with van der Waals surface area (Å²) in [5.74, 6) is 0. The van der Waals surface area contributed by atoms with Crippen LogP contribution in [0.15, 0.2) is 72.8 Å². The van der Waals surface area contributed by atoms with Crippen LogP contribution in [-0.4, -0.2) is 42.3 Å². The molecule has 0 heterocycles. The molecule has 0 atom stereocenters. The number of rotatable bonds is 9. The molecule has 31 heavy (non-hydrogen) atoms. The van der Waals surface area contributed by atoms with Gasteiger partial charge < -0.3 is 0 Å². The van der Waals surface area contributed by atoms with Crippen LogP contribution in [0.1, 0.15) is 16.7 Å². The van der Waals surface area contributed by atoms with Gasteiger partial charge in [0.1, 0.15) is 0 Å². The molecule has 4 heteroatoms. The van der Waals surface area contributed by atoms with Gasteiger partial charge in [0.2, 0.25) is 0 Å². The summed E-state index contributed by atoms with van der Waals surface area (Å²) < 4.78 is 3.49. The molecule has 0 N–H and O–H groups in total. The van der Waals surface area contributed by atoms with Crippen LogP contribution in [0.25, 0.3) is 0 Å². The van der Waals surface area contributed by atoms with Crippen LogP contribution in [0.5, 0.6) is 0 Å². The molecule has 0 saturated heterocycles. The van der Waals surface area contributed by atoms with Crippen molar-refractivity contribution in [2.75, 3.05) is 57.0 Å². The summed E-state index contributed by atoms with van der Waals surface area (Å²) in [7, 11) is 12.9. The van der Waals surface area contributed by atoms with Gasteiger partial charge in [-0.25, -0.2) is 0 Å². The zero-order valence-corrected chi connectivity index (χ0v) is 21.3. The van der Waals surface area contributed by atoms with Gasteiger partial charge in [-0.3, -0.25) is 0 Å². The van der Waals surface area contributed by atoms with Gasteiger partial charge in [-0.1, -0.05) is 0 Å². The molecule has 0 aromatic heterocycles. The van der Waals surface area contributed by atoms with Gasteiger partial charge in [-0.15, -0.1) is 0 Å². The molecule has 174 valence electrons. The van der Waals surface area contributed by atoms with Crippen LogP contribution in [0.3, 0.4) is 0 Å². The fourth-order valence-corrected chi connectivity index (χ4v) is 8.37. The van der Waals surface area contributed by atoms with Gasteiger partial charge in [-0.2, -0.15) is 0 Å². The van der Waals surface area contributed by atoms with Crippen molar-refractivity contribution in [3.8, 4) is 0 Å². The van der Waals surface area contributed by atoms with Crippen LogP contribution in [0, 0.1) is 31.1 Å². The van der Waals surface area contributed by atoms with Crippen LogP contribution in [-0.2, 0) is 7.92 Å². The topological polar surface area (TPSA) is 9.72 Å². The van der Waals surface area contributed by atoms with E-state index in [0.29, 0.717) is 0 Å². The average molecular weight is 578 g/mol. The Kier molecular flexibility index (Phi) is 8.69. The molecule has 0 spiro atoms. The summed E-state index contributed by atoms with van der Waals surface area (Å²) >= 11 is -0.861. The van der Waals surface area contributed by atoms with Crippen molar-refractivity contribution >= 4 is 17.1 Å². The maximum atomic E-state index is 2.32. The molecule has 3 aromatic carbocycles. The van der Waals surface area contributed by atoms with Crippen molar-refractivity contribution in [2.24, 2.45) is 0 Å². The number of hydrogen-bond donors (Lipinski definition) is 0. The molecular formula is C27H36LuN3. The van der Waals surface area contributed by atoms with E-state index in [1.54, 1.807) is 0 Å². The molecule has 0 aliphatic carbocycles. The Morgan fingerprint density at radius 2 is 0.710 bits per heavy atom. The van der Waals surface area contributed by atoms with Crippen molar-refractivity contribution in [3.05, 3.63) is 89.5 Å². The SMILES string of the molecule is CN(C)c1ccccc1[CH2][Lu]([CH2]c1ccccc1N(C)C)[CH2]c1ccccc1N(C)C. The summed E-state index contributed by atoms with van der Waals surface area (Å²) in [6.07, 6.45) is 0.